The summed E-state index contributed by atoms with van der Waals surface area (Å²) in [5.74, 6) is 0.755. The van der Waals surface area contributed by atoms with Gasteiger partial charge in [-0.25, -0.2) is 0 Å². The number of benzene rings is 1. The molecule has 2 N–H and O–H groups in total. The van der Waals surface area contributed by atoms with E-state index in [1.807, 2.05) is 12.1 Å². The molecule has 0 aliphatic heterocycles. The zero-order valence-electron chi connectivity index (χ0n) is 9.67. The van der Waals surface area contributed by atoms with Crippen LogP contribution in [-0.2, 0) is 0 Å². The first-order valence-electron chi connectivity index (χ1n) is 4.95. The van der Waals surface area contributed by atoms with Crippen molar-refractivity contribution in [3.8, 4) is 5.75 Å². The molecule has 0 bridgehead atoms. The van der Waals surface area contributed by atoms with E-state index in [-0.39, 0.29) is 11.5 Å². The number of rotatable bonds is 2. The fraction of sp³-hybridized carbons (Fsp3) is 0.500. The number of hydrogen-bond acceptors (Lipinski definition) is 2. The number of ether oxygens (including phenoxy) is 1. The Bertz CT molecular complexity index is 344. The molecule has 0 saturated carbocycles. The zero-order chi connectivity index (χ0) is 11.6. The van der Waals surface area contributed by atoms with Gasteiger partial charge in [0.15, 0.2) is 0 Å². The van der Waals surface area contributed by atoms with Gasteiger partial charge < -0.3 is 10.5 Å². The minimum absolute atomic E-state index is 0.00110. The first-order valence-corrected chi connectivity index (χ1v) is 5.33. The summed E-state index contributed by atoms with van der Waals surface area (Å²) in [7, 11) is 1.63. The molecule has 0 heterocycles. The molecule has 1 unspecified atom stereocenters. The van der Waals surface area contributed by atoms with Crippen LogP contribution in [-0.4, -0.2) is 7.11 Å². The van der Waals surface area contributed by atoms with Crippen molar-refractivity contribution >= 4 is 11.6 Å². The molecule has 1 aromatic rings. The van der Waals surface area contributed by atoms with Crippen LogP contribution in [0.25, 0.3) is 0 Å². The highest BCUT2D eigenvalue weighted by atomic mass is 35.5. The van der Waals surface area contributed by atoms with Crippen LogP contribution in [0.15, 0.2) is 18.2 Å². The van der Waals surface area contributed by atoms with E-state index in [9.17, 15) is 0 Å². The lowest BCUT2D eigenvalue weighted by Crippen LogP contribution is -2.26. The zero-order valence-corrected chi connectivity index (χ0v) is 10.4. The second-order valence-corrected chi connectivity index (χ2v) is 5.17. The molecule has 2 nitrogen and oxygen atoms in total. The molecule has 0 amide bonds. The molecule has 0 radical (unpaired) electrons. The van der Waals surface area contributed by atoms with Crippen molar-refractivity contribution in [1.29, 1.82) is 0 Å². The van der Waals surface area contributed by atoms with Crippen LogP contribution in [0.2, 0.25) is 5.02 Å². The summed E-state index contributed by atoms with van der Waals surface area (Å²) in [5, 5.41) is 0.664. The minimum atomic E-state index is -0.0651. The van der Waals surface area contributed by atoms with E-state index in [2.05, 4.69) is 20.8 Å². The van der Waals surface area contributed by atoms with Gasteiger partial charge in [0.25, 0.3) is 0 Å². The smallest absolute Gasteiger partial charge is 0.125 e. The van der Waals surface area contributed by atoms with Crippen molar-refractivity contribution < 1.29 is 4.74 Å². The van der Waals surface area contributed by atoms with Crippen LogP contribution < -0.4 is 10.5 Å². The second-order valence-electron chi connectivity index (χ2n) is 4.73. The lowest BCUT2D eigenvalue weighted by molar-refractivity contribution is 0.314. The van der Waals surface area contributed by atoms with Gasteiger partial charge in [0.2, 0.25) is 0 Å². The standard InChI is InChI=1S/C12H18ClNO/c1-12(2,3)11(14)9-6-5-8(13)7-10(9)15-4/h5-7,11H,14H2,1-4H3. The molecule has 0 aliphatic rings. The van der Waals surface area contributed by atoms with Crippen molar-refractivity contribution in [3.05, 3.63) is 28.8 Å². The van der Waals surface area contributed by atoms with E-state index in [0.717, 1.165) is 11.3 Å². The van der Waals surface area contributed by atoms with Crippen molar-refractivity contribution in [3.63, 3.8) is 0 Å². The maximum absolute atomic E-state index is 6.18. The summed E-state index contributed by atoms with van der Waals surface area (Å²) in [4.78, 5) is 0. The van der Waals surface area contributed by atoms with Crippen molar-refractivity contribution in [2.45, 2.75) is 26.8 Å². The van der Waals surface area contributed by atoms with E-state index in [4.69, 9.17) is 22.1 Å². The lowest BCUT2D eigenvalue weighted by atomic mass is 9.83. The third kappa shape index (κ3) is 2.86. The molecular weight excluding hydrogens is 210 g/mol. The predicted octanol–water partition coefficient (Wildman–Crippen LogP) is 3.39. The highest BCUT2D eigenvalue weighted by Crippen LogP contribution is 2.36. The van der Waals surface area contributed by atoms with Gasteiger partial charge in [-0.1, -0.05) is 38.4 Å². The molecule has 0 aromatic heterocycles. The largest absolute Gasteiger partial charge is 0.496 e. The molecule has 1 rings (SSSR count). The molecule has 0 saturated heterocycles. The van der Waals surface area contributed by atoms with Crippen molar-refractivity contribution in [1.82, 2.24) is 0 Å². The molecule has 3 heteroatoms. The quantitative estimate of drug-likeness (QED) is 0.841. The van der Waals surface area contributed by atoms with Crippen LogP contribution in [0.3, 0.4) is 0 Å². The molecule has 0 spiro atoms. The van der Waals surface area contributed by atoms with Gasteiger partial charge >= 0.3 is 0 Å². The fourth-order valence-corrected chi connectivity index (χ4v) is 1.57. The Morgan fingerprint density at radius 3 is 2.40 bits per heavy atom. The Morgan fingerprint density at radius 2 is 1.93 bits per heavy atom. The number of methoxy groups -OCH3 is 1. The summed E-state index contributed by atoms with van der Waals surface area (Å²) < 4.78 is 5.28. The third-order valence-electron chi connectivity index (χ3n) is 2.46. The van der Waals surface area contributed by atoms with E-state index < -0.39 is 0 Å². The molecule has 1 atom stereocenters. The van der Waals surface area contributed by atoms with Gasteiger partial charge in [-0.3, -0.25) is 0 Å². The average molecular weight is 228 g/mol. The average Bonchev–Trinajstić information content (AvgIpc) is 2.15. The summed E-state index contributed by atoms with van der Waals surface area (Å²) in [5.41, 5.74) is 7.17. The Labute approximate surface area is 96.4 Å². The highest BCUT2D eigenvalue weighted by molar-refractivity contribution is 6.30. The number of halogens is 1. The maximum atomic E-state index is 6.18. The molecule has 0 fully saturated rings. The lowest BCUT2D eigenvalue weighted by Gasteiger charge is -2.28. The Hall–Kier alpha value is -0.730. The molecule has 15 heavy (non-hydrogen) atoms. The number of hydrogen-bond donors (Lipinski definition) is 1. The Kier molecular flexibility index (Phi) is 3.63. The Balaban J connectivity index is 3.14. The van der Waals surface area contributed by atoms with Gasteiger partial charge in [-0.2, -0.15) is 0 Å². The molecule has 0 aliphatic carbocycles. The fourth-order valence-electron chi connectivity index (χ4n) is 1.41. The monoisotopic (exact) mass is 227 g/mol. The summed E-state index contributed by atoms with van der Waals surface area (Å²) in [6.45, 7) is 6.31. The normalized spacial score (nSPS) is 13.7. The van der Waals surface area contributed by atoms with Crippen LogP contribution in [0, 0.1) is 5.41 Å². The van der Waals surface area contributed by atoms with Crippen molar-refractivity contribution in [2.24, 2.45) is 11.1 Å². The number of nitrogens with two attached hydrogens (primary N) is 1. The second kappa shape index (κ2) is 4.42. The van der Waals surface area contributed by atoms with Gasteiger partial charge in [-0.15, -0.1) is 0 Å². The first kappa shape index (κ1) is 12.3. The van der Waals surface area contributed by atoms with Gasteiger partial charge in [0.05, 0.1) is 7.11 Å². The third-order valence-corrected chi connectivity index (χ3v) is 2.70. The van der Waals surface area contributed by atoms with E-state index in [0.29, 0.717) is 5.02 Å². The molecule has 84 valence electrons. The van der Waals surface area contributed by atoms with Crippen LogP contribution in [0.5, 0.6) is 5.75 Å². The SMILES string of the molecule is COc1cc(Cl)ccc1C(N)C(C)(C)C. The summed E-state index contributed by atoms with van der Waals surface area (Å²) in [6, 6.07) is 5.50. The van der Waals surface area contributed by atoms with Crippen LogP contribution in [0.4, 0.5) is 0 Å². The van der Waals surface area contributed by atoms with Crippen LogP contribution >= 0.6 is 11.6 Å². The molecular formula is C12H18ClNO. The highest BCUT2D eigenvalue weighted by Gasteiger charge is 2.24. The van der Waals surface area contributed by atoms with Gasteiger partial charge in [0, 0.05) is 16.6 Å². The molecule has 1 aromatic carbocycles. The minimum Gasteiger partial charge on any atom is -0.496 e. The van der Waals surface area contributed by atoms with E-state index in [1.54, 1.807) is 13.2 Å². The maximum Gasteiger partial charge on any atom is 0.125 e. The Morgan fingerprint density at radius 1 is 1.33 bits per heavy atom. The summed E-state index contributed by atoms with van der Waals surface area (Å²) >= 11 is 5.89. The van der Waals surface area contributed by atoms with Gasteiger partial charge in [-0.05, 0) is 17.5 Å². The van der Waals surface area contributed by atoms with Crippen molar-refractivity contribution in [2.75, 3.05) is 7.11 Å². The summed E-state index contributed by atoms with van der Waals surface area (Å²) in [6.07, 6.45) is 0. The van der Waals surface area contributed by atoms with Crippen LogP contribution in [0.1, 0.15) is 32.4 Å². The van der Waals surface area contributed by atoms with E-state index >= 15 is 0 Å². The first-order chi connectivity index (χ1) is 6.86. The predicted molar refractivity (Wildman–Crippen MR) is 64.4 cm³/mol. The van der Waals surface area contributed by atoms with Gasteiger partial charge in [0.1, 0.15) is 5.75 Å². The topological polar surface area (TPSA) is 35.2 Å². The van der Waals surface area contributed by atoms with E-state index in [1.165, 1.54) is 0 Å².